The number of hydrogen-bond donors (Lipinski definition) is 0. The van der Waals surface area contributed by atoms with E-state index in [2.05, 4.69) is 0 Å². The standard InChI is InChI=1S/C23H25ClNO6P/c1-3-29-32(28,30-4-2)16-22(26)25(14-17-8-6-5-7-9-17)15-19-12-18-13-20(24)10-11-21(18)31-23(19)27/h5-13H,3-4,14-16H2,1-2H3. The van der Waals surface area contributed by atoms with Crippen LogP contribution in [0.25, 0.3) is 11.0 Å². The molecule has 7 nitrogen and oxygen atoms in total. The summed E-state index contributed by atoms with van der Waals surface area (Å²) in [6.45, 7) is 3.85. The number of carbonyl (C=O) groups is 1. The van der Waals surface area contributed by atoms with Gasteiger partial charge in [0.25, 0.3) is 0 Å². The van der Waals surface area contributed by atoms with Gasteiger partial charge >= 0.3 is 13.2 Å². The zero-order valence-electron chi connectivity index (χ0n) is 18.0. The summed E-state index contributed by atoms with van der Waals surface area (Å²) in [6, 6.07) is 15.9. The summed E-state index contributed by atoms with van der Waals surface area (Å²) in [7, 11) is -3.61. The van der Waals surface area contributed by atoms with Crippen molar-refractivity contribution in [2.75, 3.05) is 19.4 Å². The Bertz CT molecular complexity index is 1170. The first-order valence-corrected chi connectivity index (χ1v) is 12.4. The summed E-state index contributed by atoms with van der Waals surface area (Å²) >= 11 is 6.06. The van der Waals surface area contributed by atoms with Crippen LogP contribution in [-0.4, -0.2) is 30.2 Å². The van der Waals surface area contributed by atoms with Gasteiger partial charge in [0.15, 0.2) is 0 Å². The van der Waals surface area contributed by atoms with Crippen LogP contribution >= 0.6 is 19.2 Å². The van der Waals surface area contributed by atoms with Gasteiger partial charge in [0, 0.05) is 17.0 Å². The third kappa shape index (κ3) is 6.30. The summed E-state index contributed by atoms with van der Waals surface area (Å²) < 4.78 is 28.9. The van der Waals surface area contributed by atoms with Crippen LogP contribution in [0.5, 0.6) is 0 Å². The average Bonchev–Trinajstić information content (AvgIpc) is 2.75. The number of nitrogens with zero attached hydrogens (tertiary/aromatic N) is 1. The molecule has 0 atom stereocenters. The molecule has 0 N–H and O–H groups in total. The van der Waals surface area contributed by atoms with Gasteiger partial charge in [0.05, 0.1) is 25.3 Å². The number of benzene rings is 2. The molecule has 0 radical (unpaired) electrons. The molecular formula is C23H25ClNO6P. The van der Waals surface area contributed by atoms with E-state index < -0.39 is 25.3 Å². The van der Waals surface area contributed by atoms with Crippen molar-refractivity contribution in [1.82, 2.24) is 4.90 Å². The minimum Gasteiger partial charge on any atom is -0.422 e. The van der Waals surface area contributed by atoms with Gasteiger partial charge in [-0.15, -0.1) is 0 Å². The van der Waals surface area contributed by atoms with Crippen LogP contribution in [0.4, 0.5) is 0 Å². The first-order chi connectivity index (χ1) is 15.3. The Labute approximate surface area is 191 Å². The minimum atomic E-state index is -3.61. The van der Waals surface area contributed by atoms with Crippen molar-refractivity contribution in [3.63, 3.8) is 0 Å². The van der Waals surface area contributed by atoms with Crippen molar-refractivity contribution in [2.24, 2.45) is 0 Å². The third-order valence-electron chi connectivity index (χ3n) is 4.68. The molecule has 1 aromatic heterocycles. The molecule has 1 amide bonds. The second-order valence-corrected chi connectivity index (χ2v) is 9.57. The molecule has 0 unspecified atom stereocenters. The zero-order valence-corrected chi connectivity index (χ0v) is 19.6. The van der Waals surface area contributed by atoms with Crippen LogP contribution in [0.3, 0.4) is 0 Å². The highest BCUT2D eigenvalue weighted by Gasteiger charge is 2.31. The summed E-state index contributed by atoms with van der Waals surface area (Å²) in [6.07, 6.45) is -0.424. The van der Waals surface area contributed by atoms with Crippen molar-refractivity contribution in [3.05, 3.63) is 81.2 Å². The lowest BCUT2D eigenvalue weighted by atomic mass is 10.1. The fourth-order valence-corrected chi connectivity index (χ4v) is 5.03. The quantitative estimate of drug-likeness (QED) is 0.293. The highest BCUT2D eigenvalue weighted by Crippen LogP contribution is 2.48. The molecule has 3 aromatic rings. The van der Waals surface area contributed by atoms with Gasteiger partial charge in [0.2, 0.25) is 5.91 Å². The predicted octanol–water partition coefficient (Wildman–Crippen LogP) is 5.24. The molecule has 0 aliphatic carbocycles. The molecule has 2 aromatic carbocycles. The van der Waals surface area contributed by atoms with Crippen molar-refractivity contribution in [1.29, 1.82) is 0 Å². The zero-order chi connectivity index (χ0) is 23.1. The van der Waals surface area contributed by atoms with E-state index >= 15 is 0 Å². The van der Waals surface area contributed by atoms with E-state index in [1.165, 1.54) is 4.90 Å². The first kappa shape index (κ1) is 24.2. The van der Waals surface area contributed by atoms with E-state index in [-0.39, 0.29) is 31.9 Å². The molecule has 32 heavy (non-hydrogen) atoms. The maximum atomic E-state index is 13.2. The number of hydrogen-bond acceptors (Lipinski definition) is 6. The lowest BCUT2D eigenvalue weighted by molar-refractivity contribution is -0.130. The number of fused-ring (bicyclic) bond motifs is 1. The third-order valence-corrected chi connectivity index (χ3v) is 6.87. The van der Waals surface area contributed by atoms with E-state index in [1.807, 2.05) is 30.3 Å². The molecule has 0 aliphatic heterocycles. The fourth-order valence-electron chi connectivity index (χ4n) is 3.28. The SMILES string of the molecule is CCOP(=O)(CC(=O)N(Cc1ccccc1)Cc1cc2cc(Cl)ccc2oc1=O)OCC. The predicted molar refractivity (Wildman–Crippen MR) is 124 cm³/mol. The van der Waals surface area contributed by atoms with Gasteiger partial charge in [-0.05, 0) is 43.7 Å². The maximum Gasteiger partial charge on any atom is 0.341 e. The summed E-state index contributed by atoms with van der Waals surface area (Å²) in [4.78, 5) is 27.2. The molecule has 0 saturated carbocycles. The topological polar surface area (TPSA) is 86.1 Å². The lowest BCUT2D eigenvalue weighted by Gasteiger charge is -2.25. The van der Waals surface area contributed by atoms with Gasteiger partial charge in [0.1, 0.15) is 11.7 Å². The second-order valence-electron chi connectivity index (χ2n) is 7.08. The van der Waals surface area contributed by atoms with Gasteiger partial charge in [-0.2, -0.15) is 0 Å². The van der Waals surface area contributed by atoms with E-state index in [4.69, 9.17) is 25.1 Å². The van der Waals surface area contributed by atoms with Crippen molar-refractivity contribution in [3.8, 4) is 0 Å². The van der Waals surface area contributed by atoms with Crippen molar-refractivity contribution >= 4 is 36.1 Å². The van der Waals surface area contributed by atoms with Crippen LogP contribution < -0.4 is 5.63 Å². The number of halogens is 1. The molecule has 0 aliphatic rings. The normalized spacial score (nSPS) is 11.6. The van der Waals surface area contributed by atoms with E-state index in [1.54, 1.807) is 38.1 Å². The number of carbonyl (C=O) groups excluding carboxylic acids is 1. The van der Waals surface area contributed by atoms with Crippen LogP contribution in [0.1, 0.15) is 25.0 Å². The molecule has 170 valence electrons. The van der Waals surface area contributed by atoms with E-state index in [0.717, 1.165) is 5.56 Å². The Balaban J connectivity index is 1.93. The summed E-state index contributed by atoms with van der Waals surface area (Å²) in [5.74, 6) is -0.454. The summed E-state index contributed by atoms with van der Waals surface area (Å²) in [5, 5.41) is 1.15. The Kier molecular flexibility index (Phi) is 8.26. The Morgan fingerprint density at radius 3 is 2.38 bits per heavy atom. The second kappa shape index (κ2) is 10.9. The summed E-state index contributed by atoms with van der Waals surface area (Å²) in [5.41, 5.74) is 0.994. The number of amides is 1. The highest BCUT2D eigenvalue weighted by molar-refractivity contribution is 7.54. The molecule has 0 spiro atoms. The Hall–Kier alpha value is -2.44. The van der Waals surface area contributed by atoms with Gasteiger partial charge < -0.3 is 18.4 Å². The largest absolute Gasteiger partial charge is 0.422 e. The van der Waals surface area contributed by atoms with E-state index in [9.17, 15) is 14.2 Å². The minimum absolute atomic E-state index is 0.0310. The van der Waals surface area contributed by atoms with Gasteiger partial charge in [-0.3, -0.25) is 9.36 Å². The average molecular weight is 478 g/mol. The Morgan fingerprint density at radius 1 is 1.03 bits per heavy atom. The molecular weight excluding hydrogens is 453 g/mol. The van der Waals surface area contributed by atoms with Crippen molar-refractivity contribution in [2.45, 2.75) is 26.9 Å². The maximum absolute atomic E-state index is 13.2. The van der Waals surface area contributed by atoms with Gasteiger partial charge in [-0.1, -0.05) is 41.9 Å². The fraction of sp³-hybridized carbons (Fsp3) is 0.304. The first-order valence-electron chi connectivity index (χ1n) is 10.3. The van der Waals surface area contributed by atoms with Crippen LogP contribution in [0.2, 0.25) is 5.02 Å². The lowest BCUT2D eigenvalue weighted by Crippen LogP contribution is -2.34. The smallest absolute Gasteiger partial charge is 0.341 e. The van der Waals surface area contributed by atoms with Crippen molar-refractivity contribution < 1.29 is 22.8 Å². The molecule has 3 rings (SSSR count). The Morgan fingerprint density at radius 2 is 1.72 bits per heavy atom. The van der Waals surface area contributed by atoms with Gasteiger partial charge in [-0.25, -0.2) is 4.79 Å². The van der Waals surface area contributed by atoms with Crippen LogP contribution in [-0.2, 0) is 31.5 Å². The molecule has 0 fully saturated rings. The molecule has 0 saturated heterocycles. The highest BCUT2D eigenvalue weighted by atomic mass is 35.5. The number of rotatable bonds is 10. The molecule has 0 bridgehead atoms. The van der Waals surface area contributed by atoms with E-state index in [0.29, 0.717) is 16.0 Å². The van der Waals surface area contributed by atoms with Crippen LogP contribution in [0, 0.1) is 0 Å². The molecule has 9 heteroatoms. The van der Waals surface area contributed by atoms with Crippen LogP contribution in [0.15, 0.2) is 63.8 Å². The molecule has 1 heterocycles. The monoisotopic (exact) mass is 477 g/mol.